The van der Waals surface area contributed by atoms with Crippen LogP contribution in [-0.2, 0) is 16.0 Å². The van der Waals surface area contributed by atoms with Crippen LogP contribution >= 0.6 is 0 Å². The summed E-state index contributed by atoms with van der Waals surface area (Å²) < 4.78 is 0. The van der Waals surface area contributed by atoms with Gasteiger partial charge in [0.2, 0.25) is 0 Å². The van der Waals surface area contributed by atoms with Gasteiger partial charge in [0.25, 0.3) is 0 Å². The molecule has 0 spiro atoms. The van der Waals surface area contributed by atoms with Crippen LogP contribution in [-0.4, -0.2) is 17.8 Å². The maximum absolute atomic E-state index is 11.3. The first-order valence-corrected chi connectivity index (χ1v) is 12.7. The zero-order valence-corrected chi connectivity index (χ0v) is 23.9. The Morgan fingerprint density at radius 2 is 1.19 bits per heavy atom. The van der Waals surface area contributed by atoms with Crippen LogP contribution in [0.4, 0.5) is 0 Å². The number of carbonyl (C=O) groups is 2. The first-order chi connectivity index (χ1) is 15.4. The Bertz CT molecular complexity index is 556. The summed E-state index contributed by atoms with van der Waals surface area (Å²) in [4.78, 5) is 26.4. The lowest BCUT2D eigenvalue weighted by atomic mass is 10.0. The minimum atomic E-state index is 0.105. The third-order valence-corrected chi connectivity index (χ3v) is 3.35. The van der Waals surface area contributed by atoms with Gasteiger partial charge in [-0.3, -0.25) is 14.6 Å². The van der Waals surface area contributed by atoms with Gasteiger partial charge in [-0.25, -0.2) is 0 Å². The van der Waals surface area contributed by atoms with Gasteiger partial charge in [-0.1, -0.05) is 127 Å². The summed E-state index contributed by atoms with van der Waals surface area (Å²) in [5.41, 5.74) is 1.95. The normalized spacial score (nSPS) is 9.81. The molecule has 0 aliphatic carbocycles. The van der Waals surface area contributed by atoms with E-state index in [9.17, 15) is 9.59 Å². The van der Waals surface area contributed by atoms with Gasteiger partial charge in [0.05, 0.1) is 0 Å². The number of hydrogen-bond acceptors (Lipinski definition) is 3. The molecular formula is C29H55NO2. The van der Waals surface area contributed by atoms with E-state index in [-0.39, 0.29) is 17.6 Å². The summed E-state index contributed by atoms with van der Waals surface area (Å²) in [6, 6.07) is 9.86. The molecule has 188 valence electrons. The molecule has 3 nitrogen and oxygen atoms in total. The molecule has 0 bridgehead atoms. The number of benzene rings is 1. The lowest BCUT2D eigenvalue weighted by Gasteiger charge is -2.02. The number of hydrogen-bond donors (Lipinski definition) is 0. The number of ketones is 2. The molecule has 1 aliphatic heterocycles. The third-order valence-electron chi connectivity index (χ3n) is 3.35. The first kappa shape index (κ1) is 40.3. The fourth-order valence-electron chi connectivity index (χ4n) is 1.88. The average molecular weight is 450 g/mol. The van der Waals surface area contributed by atoms with Gasteiger partial charge in [0.15, 0.2) is 5.78 Å². The van der Waals surface area contributed by atoms with E-state index in [1.165, 1.54) is 0 Å². The van der Waals surface area contributed by atoms with Crippen LogP contribution in [0.1, 0.15) is 109 Å². The molecule has 1 heterocycles. The summed E-state index contributed by atoms with van der Waals surface area (Å²) >= 11 is 0. The summed E-state index contributed by atoms with van der Waals surface area (Å²) in [7, 11) is 0. The Hall–Kier alpha value is -2.03. The van der Waals surface area contributed by atoms with E-state index in [0.29, 0.717) is 12.2 Å². The van der Waals surface area contributed by atoms with Gasteiger partial charge in [0, 0.05) is 42.7 Å². The van der Waals surface area contributed by atoms with Crippen LogP contribution in [0.15, 0.2) is 47.1 Å². The topological polar surface area (TPSA) is 46.5 Å². The summed E-state index contributed by atoms with van der Waals surface area (Å²) in [5.74, 6) is 0.775. The summed E-state index contributed by atoms with van der Waals surface area (Å²) in [6.45, 7) is 27.7. The predicted octanol–water partition coefficient (Wildman–Crippen LogP) is 9.16. The zero-order chi connectivity index (χ0) is 26.5. The molecule has 1 aromatic rings. The van der Waals surface area contributed by atoms with Crippen LogP contribution in [0.25, 0.3) is 0 Å². The molecule has 32 heavy (non-hydrogen) atoms. The van der Waals surface area contributed by atoms with Gasteiger partial charge < -0.3 is 0 Å². The molecule has 1 aliphatic rings. The number of Topliss-reactive ketones (excluding diaryl/α,β-unsaturated/α-hetero) is 2. The van der Waals surface area contributed by atoms with Gasteiger partial charge in [-0.05, 0) is 5.56 Å². The Balaban J connectivity index is -0.000000110. The fourth-order valence-corrected chi connectivity index (χ4v) is 1.88. The molecule has 0 unspecified atom stereocenters. The monoisotopic (exact) mass is 449 g/mol. The highest BCUT2D eigenvalue weighted by molar-refractivity contribution is 6.00. The lowest BCUT2D eigenvalue weighted by molar-refractivity contribution is -0.121. The van der Waals surface area contributed by atoms with Crippen molar-refractivity contribution in [2.75, 3.05) is 0 Å². The van der Waals surface area contributed by atoms with Gasteiger partial charge in [-0.2, -0.15) is 0 Å². The lowest BCUT2D eigenvalue weighted by Crippen LogP contribution is -2.09. The maximum atomic E-state index is 11.3. The Morgan fingerprint density at radius 3 is 1.50 bits per heavy atom. The number of allylic oxidation sites excluding steroid dienone is 1. The summed E-state index contributed by atoms with van der Waals surface area (Å²) in [6.07, 6.45) is 4.70. The molecular weight excluding hydrogens is 394 g/mol. The highest BCUT2D eigenvalue weighted by Gasteiger charge is 2.13. The van der Waals surface area contributed by atoms with E-state index < -0.39 is 0 Å². The molecule has 1 aromatic carbocycles. The van der Waals surface area contributed by atoms with Gasteiger partial charge in [0.1, 0.15) is 5.78 Å². The van der Waals surface area contributed by atoms with Gasteiger partial charge in [-0.15, -0.1) is 0 Å². The van der Waals surface area contributed by atoms with Crippen LogP contribution in [0.2, 0.25) is 0 Å². The van der Waals surface area contributed by atoms with Crippen LogP contribution in [0, 0.1) is 11.8 Å². The Kier molecular flexibility index (Phi) is 42.4. The predicted molar refractivity (Wildman–Crippen MR) is 148 cm³/mol. The van der Waals surface area contributed by atoms with E-state index in [0.717, 1.165) is 17.6 Å². The molecule has 0 saturated heterocycles. The van der Waals surface area contributed by atoms with Crippen molar-refractivity contribution < 1.29 is 9.59 Å². The van der Waals surface area contributed by atoms with Crippen LogP contribution in [0.3, 0.4) is 0 Å². The summed E-state index contributed by atoms with van der Waals surface area (Å²) in [5, 5.41) is 0. The second-order valence-electron chi connectivity index (χ2n) is 5.99. The standard InChI is InChI=1S/C11H14O.C8H11NO.5C2H6/c1-9(2)11(12)8-10-6-4-3-5-7-10;1-6(2)8(10)7-3-4-9-5-7;5*1-2/h3-7,9H,8H2,1-2H3;4-6H,3H2,1-2H3;5*1-2H3. The molecule has 0 radical (unpaired) electrons. The van der Waals surface area contributed by atoms with E-state index >= 15 is 0 Å². The van der Waals surface area contributed by atoms with Crippen LogP contribution in [0.5, 0.6) is 0 Å². The van der Waals surface area contributed by atoms with Crippen molar-refractivity contribution in [2.45, 2.75) is 110 Å². The molecule has 0 aromatic heterocycles. The molecule has 0 saturated carbocycles. The smallest absolute Gasteiger partial charge is 0.163 e. The Labute approximate surface area is 201 Å². The van der Waals surface area contributed by atoms with E-state index in [1.807, 2.05) is 127 Å². The van der Waals surface area contributed by atoms with E-state index in [2.05, 4.69) is 4.99 Å². The molecule has 2 rings (SSSR count). The number of aliphatic imine (C=N–C) groups is 1. The third kappa shape index (κ3) is 24.2. The van der Waals surface area contributed by atoms with Crippen molar-refractivity contribution in [1.29, 1.82) is 0 Å². The fraction of sp³-hybridized carbons (Fsp3) is 0.621. The van der Waals surface area contributed by atoms with Gasteiger partial charge >= 0.3 is 0 Å². The molecule has 0 N–H and O–H groups in total. The molecule has 0 fully saturated rings. The number of carbonyl (C=O) groups excluding carboxylic acids is 2. The minimum Gasteiger partial charge on any atom is -0.299 e. The number of nitrogens with zero attached hydrogens (tertiary/aromatic N) is 1. The Morgan fingerprint density at radius 1 is 0.750 bits per heavy atom. The second-order valence-corrected chi connectivity index (χ2v) is 5.99. The van der Waals surface area contributed by atoms with Crippen molar-refractivity contribution in [3.63, 3.8) is 0 Å². The van der Waals surface area contributed by atoms with Crippen molar-refractivity contribution in [3.05, 3.63) is 47.7 Å². The highest BCUT2D eigenvalue weighted by atomic mass is 16.1. The van der Waals surface area contributed by atoms with E-state index in [4.69, 9.17) is 0 Å². The molecule has 0 amide bonds. The zero-order valence-electron chi connectivity index (χ0n) is 23.9. The first-order valence-electron chi connectivity index (χ1n) is 12.7. The number of rotatable bonds is 5. The average Bonchev–Trinajstić information content (AvgIpc) is 3.41. The molecule has 3 heteroatoms. The largest absolute Gasteiger partial charge is 0.299 e. The van der Waals surface area contributed by atoms with Crippen molar-refractivity contribution in [3.8, 4) is 0 Å². The van der Waals surface area contributed by atoms with Crippen molar-refractivity contribution in [1.82, 2.24) is 0 Å². The SMILES string of the molecule is CC.CC.CC.CC.CC.CC(C)C(=O)C1=CN=CC1.CC(C)C(=O)Cc1ccccc1. The van der Waals surface area contributed by atoms with Crippen molar-refractivity contribution >= 4 is 17.8 Å². The van der Waals surface area contributed by atoms with E-state index in [1.54, 1.807) is 12.4 Å². The molecule has 0 atom stereocenters. The van der Waals surface area contributed by atoms with Crippen LogP contribution < -0.4 is 0 Å². The second kappa shape index (κ2) is 33.6. The minimum absolute atomic E-state index is 0.105. The maximum Gasteiger partial charge on any atom is 0.163 e. The highest BCUT2D eigenvalue weighted by Crippen LogP contribution is 2.12. The quantitative estimate of drug-likeness (QED) is 0.450. The van der Waals surface area contributed by atoms with Crippen molar-refractivity contribution in [2.24, 2.45) is 16.8 Å².